The molecule has 4 rings (SSSR count). The van der Waals surface area contributed by atoms with Crippen molar-refractivity contribution in [3.05, 3.63) is 90.6 Å². The minimum absolute atomic E-state index is 0.337. The normalized spacial score (nSPS) is 10.5. The topological polar surface area (TPSA) is 81.2 Å². The van der Waals surface area contributed by atoms with E-state index >= 15 is 0 Å². The van der Waals surface area contributed by atoms with Gasteiger partial charge in [-0.05, 0) is 36.4 Å². The number of nitrogens with one attached hydrogen (secondary N) is 1. The highest BCUT2D eigenvalue weighted by Crippen LogP contribution is 2.24. The Hall–Kier alpha value is -4.06. The quantitative estimate of drug-likeness (QED) is 0.525. The Labute approximate surface area is 167 Å². The summed E-state index contributed by atoms with van der Waals surface area (Å²) in [5.41, 5.74) is 2.83. The maximum atomic E-state index is 12.7. The lowest BCUT2D eigenvalue weighted by Gasteiger charge is -2.10. The fourth-order valence-corrected chi connectivity index (χ4v) is 2.92. The van der Waals surface area contributed by atoms with Gasteiger partial charge in [0.15, 0.2) is 6.61 Å². The summed E-state index contributed by atoms with van der Waals surface area (Å²) < 4.78 is 5.26. The predicted molar refractivity (Wildman–Crippen MR) is 110 cm³/mol. The first-order valence-corrected chi connectivity index (χ1v) is 9.04. The smallest absolute Gasteiger partial charge is 0.339 e. The van der Waals surface area contributed by atoms with E-state index in [0.29, 0.717) is 33.5 Å². The molecule has 6 heteroatoms. The number of anilines is 1. The third-order valence-electron chi connectivity index (χ3n) is 4.26. The van der Waals surface area contributed by atoms with Crippen molar-refractivity contribution < 1.29 is 14.3 Å². The van der Waals surface area contributed by atoms with Crippen LogP contribution < -0.4 is 5.32 Å². The van der Waals surface area contributed by atoms with Crippen LogP contribution in [0.5, 0.6) is 0 Å². The number of benzene rings is 2. The lowest BCUT2D eigenvalue weighted by Crippen LogP contribution is -2.21. The van der Waals surface area contributed by atoms with E-state index in [4.69, 9.17) is 4.74 Å². The third kappa shape index (κ3) is 4.27. The lowest BCUT2D eigenvalue weighted by atomic mass is 10.1. The largest absolute Gasteiger partial charge is 0.452 e. The average Bonchev–Trinajstić information content (AvgIpc) is 2.78. The van der Waals surface area contributed by atoms with Gasteiger partial charge in [-0.25, -0.2) is 9.78 Å². The van der Waals surface area contributed by atoms with Gasteiger partial charge >= 0.3 is 5.97 Å². The molecule has 2 aromatic carbocycles. The molecule has 29 heavy (non-hydrogen) atoms. The highest BCUT2D eigenvalue weighted by atomic mass is 16.5. The number of para-hydroxylation sites is 2. The van der Waals surface area contributed by atoms with Crippen LogP contribution in [0.3, 0.4) is 0 Å². The minimum Gasteiger partial charge on any atom is -0.452 e. The van der Waals surface area contributed by atoms with E-state index in [9.17, 15) is 9.59 Å². The number of nitrogens with zero attached hydrogens (tertiary/aromatic N) is 2. The first-order valence-electron chi connectivity index (χ1n) is 9.04. The van der Waals surface area contributed by atoms with Gasteiger partial charge in [-0.15, -0.1) is 0 Å². The zero-order valence-corrected chi connectivity index (χ0v) is 15.4. The maximum Gasteiger partial charge on any atom is 0.339 e. The summed E-state index contributed by atoms with van der Waals surface area (Å²) in [6.45, 7) is -0.386. The Bertz CT molecular complexity index is 1160. The number of esters is 1. The van der Waals surface area contributed by atoms with E-state index < -0.39 is 11.9 Å². The number of carbonyl (C=O) groups excluding carboxylic acids is 2. The van der Waals surface area contributed by atoms with Crippen molar-refractivity contribution in [3.63, 3.8) is 0 Å². The first kappa shape index (κ1) is 18.3. The molecule has 0 spiro atoms. The molecule has 1 N–H and O–H groups in total. The Balaban J connectivity index is 1.57. The van der Waals surface area contributed by atoms with Crippen molar-refractivity contribution in [1.82, 2.24) is 9.97 Å². The van der Waals surface area contributed by atoms with Gasteiger partial charge < -0.3 is 10.1 Å². The molecule has 4 aromatic rings. The molecule has 6 nitrogen and oxygen atoms in total. The molecule has 0 radical (unpaired) electrons. The van der Waals surface area contributed by atoms with Crippen LogP contribution in [0.4, 0.5) is 5.69 Å². The van der Waals surface area contributed by atoms with E-state index in [1.807, 2.05) is 54.6 Å². The van der Waals surface area contributed by atoms with Crippen molar-refractivity contribution in [2.45, 2.75) is 0 Å². The number of amides is 1. The molecule has 0 unspecified atom stereocenters. The molecule has 0 aliphatic heterocycles. The average molecular weight is 383 g/mol. The molecule has 1 amide bonds. The first-order chi connectivity index (χ1) is 14.2. The van der Waals surface area contributed by atoms with E-state index in [1.165, 1.54) is 0 Å². The number of hydrogen-bond acceptors (Lipinski definition) is 5. The van der Waals surface area contributed by atoms with Gasteiger partial charge in [0.1, 0.15) is 0 Å². The SMILES string of the molecule is O=C(COC(=O)c1cc(-c2ccccn2)nc2ccccc12)Nc1ccccc1. The van der Waals surface area contributed by atoms with Gasteiger partial charge in [-0.3, -0.25) is 9.78 Å². The maximum absolute atomic E-state index is 12.7. The van der Waals surface area contributed by atoms with Crippen molar-refractivity contribution in [2.24, 2.45) is 0 Å². The Morgan fingerprint density at radius 1 is 0.862 bits per heavy atom. The molecule has 2 aromatic heterocycles. The molecule has 142 valence electrons. The molecule has 0 aliphatic rings. The fraction of sp³-hybridized carbons (Fsp3) is 0.0435. The standard InChI is InChI=1S/C23H17N3O3/c27-22(25-16-8-2-1-3-9-16)15-29-23(28)18-14-21(20-12-6-7-13-24-20)26-19-11-5-4-10-17(18)19/h1-14H,15H2,(H,25,27). The van der Waals surface area contributed by atoms with Crippen LogP contribution in [0.25, 0.3) is 22.3 Å². The van der Waals surface area contributed by atoms with Gasteiger partial charge in [0.25, 0.3) is 5.91 Å². The molecule has 0 atom stereocenters. The number of carbonyl (C=O) groups is 2. The van der Waals surface area contributed by atoms with E-state index in [-0.39, 0.29) is 6.61 Å². The van der Waals surface area contributed by atoms with Gasteiger partial charge in [0.2, 0.25) is 0 Å². The second-order valence-electron chi connectivity index (χ2n) is 6.28. The zero-order valence-electron chi connectivity index (χ0n) is 15.4. The summed E-state index contributed by atoms with van der Waals surface area (Å²) in [4.78, 5) is 33.7. The van der Waals surface area contributed by atoms with E-state index in [2.05, 4.69) is 15.3 Å². The summed E-state index contributed by atoms with van der Waals surface area (Å²) in [7, 11) is 0. The fourth-order valence-electron chi connectivity index (χ4n) is 2.92. The number of fused-ring (bicyclic) bond motifs is 1. The van der Waals surface area contributed by atoms with Crippen LogP contribution in [0.15, 0.2) is 85.1 Å². The Kier molecular flexibility index (Phi) is 5.25. The summed E-state index contributed by atoms with van der Waals surface area (Å²) in [6.07, 6.45) is 1.66. The molecule has 0 bridgehead atoms. The molecule has 0 fully saturated rings. The molecule has 0 saturated heterocycles. The summed E-state index contributed by atoms with van der Waals surface area (Å²) in [5, 5.41) is 3.34. The van der Waals surface area contributed by atoms with Crippen LogP contribution in [0, 0.1) is 0 Å². The van der Waals surface area contributed by atoms with E-state index in [0.717, 1.165) is 0 Å². The molecule has 0 aliphatic carbocycles. The van der Waals surface area contributed by atoms with Crippen LogP contribution in [0.1, 0.15) is 10.4 Å². The number of hydrogen-bond donors (Lipinski definition) is 1. The molecular formula is C23H17N3O3. The van der Waals surface area contributed by atoms with Crippen LogP contribution in [-0.2, 0) is 9.53 Å². The van der Waals surface area contributed by atoms with Gasteiger partial charge in [-0.1, -0.05) is 42.5 Å². The Morgan fingerprint density at radius 2 is 1.62 bits per heavy atom. The Morgan fingerprint density at radius 3 is 2.41 bits per heavy atom. The summed E-state index contributed by atoms with van der Waals surface area (Å²) >= 11 is 0. The number of aromatic nitrogens is 2. The number of pyridine rings is 2. The van der Waals surface area contributed by atoms with Gasteiger partial charge in [-0.2, -0.15) is 0 Å². The highest BCUT2D eigenvalue weighted by molar-refractivity contribution is 6.05. The van der Waals surface area contributed by atoms with Gasteiger partial charge in [0.05, 0.1) is 22.5 Å². The zero-order chi connectivity index (χ0) is 20.1. The molecular weight excluding hydrogens is 366 g/mol. The summed E-state index contributed by atoms with van der Waals surface area (Å²) in [6, 6.07) is 23.4. The lowest BCUT2D eigenvalue weighted by molar-refractivity contribution is -0.119. The third-order valence-corrected chi connectivity index (χ3v) is 4.26. The predicted octanol–water partition coefficient (Wildman–Crippen LogP) is 4.09. The van der Waals surface area contributed by atoms with Crippen molar-refractivity contribution in [1.29, 1.82) is 0 Å². The minimum atomic E-state index is -0.594. The highest BCUT2D eigenvalue weighted by Gasteiger charge is 2.17. The van der Waals surface area contributed by atoms with Gasteiger partial charge in [0, 0.05) is 17.3 Å². The summed E-state index contributed by atoms with van der Waals surface area (Å²) in [5.74, 6) is -1.00. The number of rotatable bonds is 5. The van der Waals surface area contributed by atoms with E-state index in [1.54, 1.807) is 30.5 Å². The van der Waals surface area contributed by atoms with Crippen molar-refractivity contribution >= 4 is 28.5 Å². The van der Waals surface area contributed by atoms with Crippen LogP contribution in [0.2, 0.25) is 0 Å². The van der Waals surface area contributed by atoms with Crippen molar-refractivity contribution in [2.75, 3.05) is 11.9 Å². The molecule has 2 heterocycles. The monoisotopic (exact) mass is 383 g/mol. The van der Waals surface area contributed by atoms with Crippen molar-refractivity contribution in [3.8, 4) is 11.4 Å². The second kappa shape index (κ2) is 8.31. The molecule has 0 saturated carbocycles. The second-order valence-corrected chi connectivity index (χ2v) is 6.28. The van der Waals surface area contributed by atoms with Crippen LogP contribution >= 0.6 is 0 Å². The van der Waals surface area contributed by atoms with Crippen LogP contribution in [-0.4, -0.2) is 28.5 Å². The number of ether oxygens (including phenoxy) is 1.